The minimum Gasteiger partial charge on any atom is -0.378 e. The number of nitrogens with one attached hydrogen (secondary N) is 2. The molecule has 0 fully saturated rings. The lowest BCUT2D eigenvalue weighted by molar-refractivity contribution is -0.127. The molecule has 0 aliphatic rings. The molecule has 0 aromatic carbocycles. The highest BCUT2D eigenvalue weighted by Gasteiger charge is 2.13. The van der Waals surface area contributed by atoms with Crippen LogP contribution in [-0.2, 0) is 9.53 Å². The molecule has 2 N–H and O–H groups in total. The highest BCUT2D eigenvalue weighted by molar-refractivity contribution is 5.84. The maximum atomic E-state index is 11.6. The second kappa shape index (κ2) is 11.4. The van der Waals surface area contributed by atoms with Crippen LogP contribution in [0.2, 0.25) is 0 Å². The van der Waals surface area contributed by atoms with E-state index in [4.69, 9.17) is 4.74 Å². The predicted octanol–water partition coefficient (Wildman–Crippen LogP) is 1.08. The van der Waals surface area contributed by atoms with E-state index < -0.39 is 0 Å². The van der Waals surface area contributed by atoms with Crippen LogP contribution in [0.1, 0.15) is 34.1 Å². The van der Waals surface area contributed by atoms with E-state index in [1.165, 1.54) is 4.90 Å². The average Bonchev–Trinajstić information content (AvgIpc) is 2.42. The van der Waals surface area contributed by atoms with Gasteiger partial charge in [0.05, 0.1) is 6.10 Å². The molecule has 0 rings (SSSR count). The number of carbonyl (C=O) groups excluding carboxylic acids is 1. The Bertz CT molecular complexity index is 317. The summed E-state index contributed by atoms with van der Waals surface area (Å²) in [5, 5.41) is 6.39. The Kier molecular flexibility index (Phi) is 10.7. The largest absolute Gasteiger partial charge is 0.378 e. The third-order valence-corrected chi connectivity index (χ3v) is 3.06. The summed E-state index contributed by atoms with van der Waals surface area (Å²) in [6.45, 7) is 10.8. The van der Waals surface area contributed by atoms with Gasteiger partial charge in [-0.05, 0) is 26.2 Å². The van der Waals surface area contributed by atoms with E-state index in [1.54, 1.807) is 14.1 Å². The second-order valence-electron chi connectivity index (χ2n) is 5.44. The summed E-state index contributed by atoms with van der Waals surface area (Å²) in [6, 6.07) is 0. The normalized spacial score (nSPS) is 13.2. The van der Waals surface area contributed by atoms with Gasteiger partial charge in [-0.2, -0.15) is 0 Å². The lowest BCUT2D eigenvalue weighted by Gasteiger charge is -2.21. The van der Waals surface area contributed by atoms with Gasteiger partial charge in [-0.25, -0.2) is 4.99 Å². The summed E-state index contributed by atoms with van der Waals surface area (Å²) in [5.41, 5.74) is 0. The second-order valence-corrected chi connectivity index (χ2v) is 5.44. The highest BCUT2D eigenvalue weighted by Crippen LogP contribution is 2.09. The fraction of sp³-hybridized carbons (Fsp3) is 0.867. The zero-order chi connectivity index (χ0) is 16.3. The molecule has 0 heterocycles. The van der Waals surface area contributed by atoms with Gasteiger partial charge in [-0.1, -0.05) is 13.8 Å². The third-order valence-electron chi connectivity index (χ3n) is 3.06. The molecule has 0 saturated carbocycles. The smallest absolute Gasteiger partial charge is 0.243 e. The minimum absolute atomic E-state index is 0.0124. The Morgan fingerprint density at radius 1 is 1.24 bits per heavy atom. The number of amides is 1. The summed E-state index contributed by atoms with van der Waals surface area (Å²) >= 11 is 0. The van der Waals surface area contributed by atoms with E-state index in [2.05, 4.69) is 29.5 Å². The first-order chi connectivity index (χ1) is 9.92. The summed E-state index contributed by atoms with van der Waals surface area (Å²) in [7, 11) is 3.46. The number of guanidine groups is 1. The standard InChI is InChI=1S/C15H32N4O2/c1-7-16-15(18-11-14(20)19(5)6)17-10-9-13(12(3)4)21-8-2/h12-13H,7-11H2,1-6H3,(H2,16,17,18). The molecule has 0 aliphatic carbocycles. The summed E-state index contributed by atoms with van der Waals surface area (Å²) in [4.78, 5) is 17.4. The van der Waals surface area contributed by atoms with Gasteiger partial charge in [0.1, 0.15) is 6.54 Å². The van der Waals surface area contributed by atoms with Gasteiger partial charge in [0.15, 0.2) is 5.96 Å². The van der Waals surface area contributed by atoms with Crippen LogP contribution in [0.15, 0.2) is 4.99 Å². The molecule has 0 saturated heterocycles. The van der Waals surface area contributed by atoms with Crippen LogP contribution in [0.5, 0.6) is 0 Å². The Morgan fingerprint density at radius 3 is 2.38 bits per heavy atom. The van der Waals surface area contributed by atoms with Crippen molar-refractivity contribution in [3.8, 4) is 0 Å². The zero-order valence-corrected chi connectivity index (χ0v) is 14.4. The quantitative estimate of drug-likeness (QED) is 0.494. The van der Waals surface area contributed by atoms with Crippen molar-refractivity contribution in [3.05, 3.63) is 0 Å². The van der Waals surface area contributed by atoms with Crippen molar-refractivity contribution in [1.82, 2.24) is 15.5 Å². The molecule has 1 unspecified atom stereocenters. The lowest BCUT2D eigenvalue weighted by atomic mass is 10.0. The highest BCUT2D eigenvalue weighted by atomic mass is 16.5. The fourth-order valence-corrected chi connectivity index (χ4v) is 1.79. The Hall–Kier alpha value is -1.30. The van der Waals surface area contributed by atoms with Gasteiger partial charge in [-0.15, -0.1) is 0 Å². The van der Waals surface area contributed by atoms with Crippen LogP contribution in [0.25, 0.3) is 0 Å². The van der Waals surface area contributed by atoms with E-state index in [-0.39, 0.29) is 18.6 Å². The first-order valence-electron chi connectivity index (χ1n) is 7.76. The van der Waals surface area contributed by atoms with E-state index in [0.717, 1.165) is 26.1 Å². The minimum atomic E-state index is -0.0124. The van der Waals surface area contributed by atoms with E-state index in [0.29, 0.717) is 11.9 Å². The van der Waals surface area contributed by atoms with Crippen molar-refractivity contribution in [1.29, 1.82) is 0 Å². The maximum absolute atomic E-state index is 11.6. The Labute approximate surface area is 129 Å². The van der Waals surface area contributed by atoms with E-state index in [1.807, 2.05) is 13.8 Å². The number of likely N-dealkylation sites (N-methyl/N-ethyl adjacent to an activating group) is 1. The van der Waals surface area contributed by atoms with Crippen LogP contribution < -0.4 is 10.6 Å². The first kappa shape index (κ1) is 19.7. The monoisotopic (exact) mass is 300 g/mol. The number of rotatable bonds is 9. The number of hydrogen-bond acceptors (Lipinski definition) is 3. The van der Waals surface area contributed by atoms with Crippen LogP contribution in [0.4, 0.5) is 0 Å². The Balaban J connectivity index is 4.31. The molecule has 0 bridgehead atoms. The number of hydrogen-bond donors (Lipinski definition) is 2. The van der Waals surface area contributed by atoms with Crippen molar-refractivity contribution in [2.75, 3.05) is 40.3 Å². The van der Waals surface area contributed by atoms with Crippen LogP contribution in [0, 0.1) is 5.92 Å². The fourth-order valence-electron chi connectivity index (χ4n) is 1.79. The molecule has 1 atom stereocenters. The first-order valence-corrected chi connectivity index (χ1v) is 7.76. The van der Waals surface area contributed by atoms with E-state index >= 15 is 0 Å². The molecule has 6 nitrogen and oxygen atoms in total. The van der Waals surface area contributed by atoms with Gasteiger partial charge in [0.25, 0.3) is 0 Å². The maximum Gasteiger partial charge on any atom is 0.243 e. The summed E-state index contributed by atoms with van der Waals surface area (Å²) in [5.74, 6) is 1.15. The SMILES string of the molecule is CCNC(=NCC(=O)N(C)C)NCCC(OCC)C(C)C. The molecule has 0 aromatic heterocycles. The molecular formula is C15H32N4O2. The van der Waals surface area contributed by atoms with Crippen molar-refractivity contribution in [3.63, 3.8) is 0 Å². The van der Waals surface area contributed by atoms with Gasteiger partial charge in [-0.3, -0.25) is 4.79 Å². The average molecular weight is 300 g/mol. The molecule has 1 amide bonds. The van der Waals surface area contributed by atoms with Crippen LogP contribution in [-0.4, -0.2) is 63.2 Å². The van der Waals surface area contributed by atoms with Crippen molar-refractivity contribution in [2.45, 2.75) is 40.2 Å². The number of aliphatic imine (C=N–C) groups is 1. The van der Waals surface area contributed by atoms with Gasteiger partial charge in [0.2, 0.25) is 5.91 Å². The molecule has 0 spiro atoms. The van der Waals surface area contributed by atoms with Gasteiger partial charge < -0.3 is 20.3 Å². The van der Waals surface area contributed by atoms with Crippen LogP contribution in [0.3, 0.4) is 0 Å². The van der Waals surface area contributed by atoms with Gasteiger partial charge >= 0.3 is 0 Å². The molecule has 21 heavy (non-hydrogen) atoms. The molecule has 0 aliphatic heterocycles. The topological polar surface area (TPSA) is 66.0 Å². The summed E-state index contributed by atoms with van der Waals surface area (Å²) in [6.07, 6.45) is 1.16. The Morgan fingerprint density at radius 2 is 1.90 bits per heavy atom. The number of carbonyl (C=O) groups is 1. The third kappa shape index (κ3) is 9.28. The molecule has 0 radical (unpaired) electrons. The van der Waals surface area contributed by atoms with Crippen molar-refractivity contribution >= 4 is 11.9 Å². The van der Waals surface area contributed by atoms with Crippen LogP contribution >= 0.6 is 0 Å². The molecule has 124 valence electrons. The molecule has 6 heteroatoms. The number of nitrogens with zero attached hydrogens (tertiary/aromatic N) is 2. The zero-order valence-electron chi connectivity index (χ0n) is 14.4. The molecule has 0 aromatic rings. The van der Waals surface area contributed by atoms with Crippen molar-refractivity contribution in [2.24, 2.45) is 10.9 Å². The number of ether oxygens (including phenoxy) is 1. The summed E-state index contributed by atoms with van der Waals surface area (Å²) < 4.78 is 5.71. The van der Waals surface area contributed by atoms with Gasteiger partial charge in [0, 0.05) is 33.8 Å². The predicted molar refractivity (Wildman–Crippen MR) is 87.5 cm³/mol. The van der Waals surface area contributed by atoms with Crippen molar-refractivity contribution < 1.29 is 9.53 Å². The molecular weight excluding hydrogens is 268 g/mol. The van der Waals surface area contributed by atoms with E-state index in [9.17, 15) is 4.79 Å². The lowest BCUT2D eigenvalue weighted by Crippen LogP contribution is -2.40.